The Morgan fingerprint density at radius 1 is 1.31 bits per heavy atom. The molecule has 0 saturated heterocycles. The van der Waals surface area contributed by atoms with E-state index in [1.165, 1.54) is 25.7 Å². The molecule has 3 aliphatic rings. The Hall–Kier alpha value is -0.300. The van der Waals surface area contributed by atoms with Gasteiger partial charge in [0.2, 0.25) is 0 Å². The number of rotatable bonds is 3. The lowest BCUT2D eigenvalue weighted by Gasteiger charge is -2.48. The van der Waals surface area contributed by atoms with Gasteiger partial charge in [0, 0.05) is 0 Å². The second kappa shape index (κ2) is 3.87. The van der Waals surface area contributed by atoms with Crippen LogP contribution in [0, 0.1) is 29.6 Å². The van der Waals surface area contributed by atoms with Crippen LogP contribution in [0.3, 0.4) is 0 Å². The van der Waals surface area contributed by atoms with Gasteiger partial charge in [0.25, 0.3) is 0 Å². The molecule has 16 heavy (non-hydrogen) atoms. The smallest absolute Gasteiger partial charge is 0.0579 e. The molecule has 1 nitrogen and oxygen atoms in total. The van der Waals surface area contributed by atoms with Crippen molar-refractivity contribution < 1.29 is 5.11 Å². The molecule has 0 aliphatic heterocycles. The molecule has 3 saturated carbocycles. The minimum absolute atomic E-state index is 0.0153. The summed E-state index contributed by atoms with van der Waals surface area (Å²) < 4.78 is 0. The highest BCUT2D eigenvalue weighted by atomic mass is 16.3. The van der Waals surface area contributed by atoms with Crippen molar-refractivity contribution in [3.05, 3.63) is 11.6 Å². The van der Waals surface area contributed by atoms with Crippen molar-refractivity contribution in [2.45, 2.75) is 52.1 Å². The first-order chi connectivity index (χ1) is 7.77. The fourth-order valence-corrected chi connectivity index (χ4v) is 4.93. The Bertz CT molecular complexity index is 307. The Balaban J connectivity index is 1.81. The summed E-state index contributed by atoms with van der Waals surface area (Å²) >= 11 is 0. The number of aliphatic hydroxyl groups excluding tert-OH is 1. The molecule has 0 spiro atoms. The van der Waals surface area contributed by atoms with Crippen LogP contribution in [0.2, 0.25) is 0 Å². The molecule has 0 aromatic heterocycles. The minimum atomic E-state index is 0.0153. The summed E-state index contributed by atoms with van der Waals surface area (Å²) in [6, 6.07) is 0. The van der Waals surface area contributed by atoms with Crippen LogP contribution < -0.4 is 0 Å². The highest BCUT2D eigenvalue weighted by Crippen LogP contribution is 2.67. The lowest BCUT2D eigenvalue weighted by molar-refractivity contribution is -0.0489. The van der Waals surface area contributed by atoms with Crippen LogP contribution in [0.4, 0.5) is 0 Å². The third-order valence-electron chi connectivity index (χ3n) is 5.50. The van der Waals surface area contributed by atoms with Crippen molar-refractivity contribution in [3.8, 4) is 0 Å². The van der Waals surface area contributed by atoms with Gasteiger partial charge >= 0.3 is 0 Å². The molecule has 6 unspecified atom stereocenters. The van der Waals surface area contributed by atoms with Crippen molar-refractivity contribution in [1.82, 2.24) is 0 Å². The first-order valence-electron chi connectivity index (χ1n) is 7.14. The molecular formula is C15H24O. The summed E-state index contributed by atoms with van der Waals surface area (Å²) in [6.45, 7) is 4.55. The van der Waals surface area contributed by atoms with E-state index in [4.69, 9.17) is 0 Å². The topological polar surface area (TPSA) is 20.2 Å². The molecule has 6 atom stereocenters. The zero-order valence-corrected chi connectivity index (χ0v) is 10.5. The zero-order valence-electron chi connectivity index (χ0n) is 10.5. The van der Waals surface area contributed by atoms with Gasteiger partial charge in [-0.05, 0) is 48.9 Å². The fraction of sp³-hybridized carbons (Fsp3) is 0.867. The molecule has 1 N–H and O–H groups in total. The zero-order chi connectivity index (χ0) is 11.3. The number of allylic oxidation sites excluding steroid dienone is 2. The predicted octanol–water partition coefficient (Wildman–Crippen LogP) is 3.39. The van der Waals surface area contributed by atoms with Crippen LogP contribution >= 0.6 is 0 Å². The maximum Gasteiger partial charge on any atom is 0.0579 e. The van der Waals surface area contributed by atoms with E-state index in [-0.39, 0.29) is 6.10 Å². The molecule has 0 aromatic rings. The molecule has 3 rings (SSSR count). The molecule has 3 fully saturated rings. The second-order valence-corrected chi connectivity index (χ2v) is 6.07. The van der Waals surface area contributed by atoms with Crippen LogP contribution in [0.1, 0.15) is 46.0 Å². The quantitative estimate of drug-likeness (QED) is 0.723. The molecule has 90 valence electrons. The summed E-state index contributed by atoms with van der Waals surface area (Å²) in [5, 5.41) is 10.2. The highest BCUT2D eigenvalue weighted by Gasteiger charge is 2.63. The summed E-state index contributed by atoms with van der Waals surface area (Å²) in [7, 11) is 0. The predicted molar refractivity (Wildman–Crippen MR) is 66.0 cm³/mol. The van der Waals surface area contributed by atoms with Crippen LogP contribution in [0.15, 0.2) is 11.6 Å². The van der Waals surface area contributed by atoms with Crippen molar-refractivity contribution in [3.63, 3.8) is 0 Å². The number of hydrogen-bond donors (Lipinski definition) is 1. The van der Waals surface area contributed by atoms with Crippen molar-refractivity contribution in [2.24, 2.45) is 29.6 Å². The van der Waals surface area contributed by atoms with E-state index in [0.29, 0.717) is 5.92 Å². The molecular weight excluding hydrogens is 196 g/mol. The Kier molecular flexibility index (Phi) is 2.62. The molecule has 0 aromatic carbocycles. The molecule has 1 heteroatoms. The van der Waals surface area contributed by atoms with Gasteiger partial charge in [-0.2, -0.15) is 0 Å². The Morgan fingerprint density at radius 2 is 2.12 bits per heavy atom. The van der Waals surface area contributed by atoms with Gasteiger partial charge in [0.05, 0.1) is 6.10 Å². The average molecular weight is 220 g/mol. The van der Waals surface area contributed by atoms with Crippen LogP contribution in [-0.2, 0) is 0 Å². The normalized spacial score (nSPS) is 51.8. The Morgan fingerprint density at radius 3 is 2.81 bits per heavy atom. The first kappa shape index (κ1) is 10.8. The van der Waals surface area contributed by atoms with Crippen molar-refractivity contribution in [2.75, 3.05) is 0 Å². The standard InChI is InChI=1S/C15H24O/c1-3-5-6-9-7-12-10(4-2)15-13(16)8-11(9)14(12)15/h6,10-16H,3-5,7-8H2,1-2H3/b9-6-. The van der Waals surface area contributed by atoms with Crippen molar-refractivity contribution >= 4 is 0 Å². The molecule has 0 radical (unpaired) electrons. The maximum absolute atomic E-state index is 10.2. The van der Waals surface area contributed by atoms with Crippen molar-refractivity contribution in [1.29, 1.82) is 0 Å². The lowest BCUT2D eigenvalue weighted by Crippen LogP contribution is -2.46. The van der Waals surface area contributed by atoms with Crippen LogP contribution in [-0.4, -0.2) is 11.2 Å². The fourth-order valence-electron chi connectivity index (χ4n) is 4.93. The Labute approximate surface area is 98.9 Å². The molecule has 0 amide bonds. The number of unbranched alkanes of at least 4 members (excludes halogenated alkanes) is 1. The van der Waals surface area contributed by atoms with E-state index in [9.17, 15) is 5.11 Å². The molecule has 0 heterocycles. The van der Waals surface area contributed by atoms with Gasteiger partial charge in [-0.15, -0.1) is 0 Å². The number of aliphatic hydroxyl groups is 1. The monoisotopic (exact) mass is 220 g/mol. The van der Waals surface area contributed by atoms with Gasteiger partial charge in [-0.1, -0.05) is 38.3 Å². The third-order valence-corrected chi connectivity index (χ3v) is 5.50. The van der Waals surface area contributed by atoms with E-state index in [0.717, 1.165) is 30.1 Å². The molecule has 0 bridgehead atoms. The minimum Gasteiger partial charge on any atom is -0.393 e. The van der Waals surface area contributed by atoms with Gasteiger partial charge in [0.1, 0.15) is 0 Å². The second-order valence-electron chi connectivity index (χ2n) is 6.07. The molecule has 3 aliphatic carbocycles. The van der Waals surface area contributed by atoms with E-state index in [1.54, 1.807) is 5.57 Å². The highest BCUT2D eigenvalue weighted by molar-refractivity contribution is 5.26. The first-order valence-corrected chi connectivity index (χ1v) is 7.14. The van der Waals surface area contributed by atoms with Gasteiger partial charge in [0.15, 0.2) is 0 Å². The van der Waals surface area contributed by atoms with Crippen LogP contribution in [0.5, 0.6) is 0 Å². The maximum atomic E-state index is 10.2. The third kappa shape index (κ3) is 1.27. The number of hydrogen-bond acceptors (Lipinski definition) is 1. The van der Waals surface area contributed by atoms with E-state index in [1.807, 2.05) is 0 Å². The van der Waals surface area contributed by atoms with Gasteiger partial charge < -0.3 is 5.11 Å². The summed E-state index contributed by atoms with van der Waals surface area (Å²) in [5.74, 6) is 4.05. The summed E-state index contributed by atoms with van der Waals surface area (Å²) in [4.78, 5) is 0. The van der Waals surface area contributed by atoms with E-state index < -0.39 is 0 Å². The summed E-state index contributed by atoms with van der Waals surface area (Å²) in [6.07, 6.45) is 8.70. The van der Waals surface area contributed by atoms with Gasteiger partial charge in [-0.25, -0.2) is 0 Å². The van der Waals surface area contributed by atoms with Crippen LogP contribution in [0.25, 0.3) is 0 Å². The average Bonchev–Trinajstić information content (AvgIpc) is 2.66. The largest absolute Gasteiger partial charge is 0.393 e. The van der Waals surface area contributed by atoms with E-state index in [2.05, 4.69) is 19.9 Å². The summed E-state index contributed by atoms with van der Waals surface area (Å²) in [5.41, 5.74) is 1.70. The SMILES string of the molecule is CCC/C=C1/CC2C(CC)C3C(O)CC1C23. The van der Waals surface area contributed by atoms with Gasteiger partial charge in [-0.3, -0.25) is 0 Å². The van der Waals surface area contributed by atoms with E-state index >= 15 is 0 Å². The lowest BCUT2D eigenvalue weighted by atomic mass is 9.57.